The second-order valence-electron chi connectivity index (χ2n) is 8.87. The van der Waals surface area contributed by atoms with Crippen molar-refractivity contribution in [3.63, 3.8) is 0 Å². The molecule has 2 aromatic heterocycles. The number of morpholine rings is 1. The average molecular weight is 530 g/mol. The van der Waals surface area contributed by atoms with E-state index in [1.54, 1.807) is 29.6 Å². The van der Waals surface area contributed by atoms with Crippen LogP contribution in [0.2, 0.25) is 0 Å². The SMILES string of the molecule is CNc1ccc(CNc2ccc3c(c2)Sc2cccc(-c4cc(N5CCOCC5)cc(=O)[nH]4)c2S3)cn1. The third-order valence-corrected chi connectivity index (χ3v) is 9.02. The van der Waals surface area contributed by atoms with Gasteiger partial charge in [-0.2, -0.15) is 0 Å². The predicted octanol–water partition coefficient (Wildman–Crippen LogP) is 5.54. The minimum atomic E-state index is -0.0861. The summed E-state index contributed by atoms with van der Waals surface area (Å²) in [6, 6.07) is 20.6. The van der Waals surface area contributed by atoms with Crippen LogP contribution in [-0.4, -0.2) is 43.3 Å². The summed E-state index contributed by atoms with van der Waals surface area (Å²) in [5, 5.41) is 6.56. The molecule has 1 fully saturated rings. The molecule has 37 heavy (non-hydrogen) atoms. The van der Waals surface area contributed by atoms with Gasteiger partial charge in [-0.05, 0) is 42.0 Å². The Morgan fingerprint density at radius 3 is 2.70 bits per heavy atom. The van der Waals surface area contributed by atoms with Gasteiger partial charge in [0, 0.05) is 75.5 Å². The number of nitrogens with zero attached hydrogens (tertiary/aromatic N) is 2. The Balaban J connectivity index is 1.24. The highest BCUT2D eigenvalue weighted by atomic mass is 32.2. The van der Waals surface area contributed by atoms with Gasteiger partial charge in [0.15, 0.2) is 0 Å². The number of hydrogen-bond donors (Lipinski definition) is 3. The van der Waals surface area contributed by atoms with Gasteiger partial charge in [-0.3, -0.25) is 4.79 Å². The maximum Gasteiger partial charge on any atom is 0.250 e. The zero-order valence-corrected chi connectivity index (χ0v) is 22.0. The van der Waals surface area contributed by atoms with Crippen LogP contribution in [0.15, 0.2) is 91.2 Å². The van der Waals surface area contributed by atoms with Crippen molar-refractivity contribution in [1.29, 1.82) is 0 Å². The molecule has 6 rings (SSSR count). The second-order valence-corrected chi connectivity index (χ2v) is 11.0. The first-order chi connectivity index (χ1) is 18.2. The van der Waals surface area contributed by atoms with Crippen molar-refractivity contribution in [2.24, 2.45) is 0 Å². The first kappa shape index (κ1) is 24.0. The fraction of sp³-hybridized carbons (Fsp3) is 0.214. The van der Waals surface area contributed by atoms with Crippen molar-refractivity contribution in [3.8, 4) is 11.3 Å². The van der Waals surface area contributed by atoms with Gasteiger partial charge in [0.25, 0.3) is 0 Å². The van der Waals surface area contributed by atoms with Crippen molar-refractivity contribution in [2.45, 2.75) is 26.1 Å². The van der Waals surface area contributed by atoms with Crippen LogP contribution in [0.3, 0.4) is 0 Å². The van der Waals surface area contributed by atoms with E-state index in [0.717, 1.165) is 47.1 Å². The summed E-state index contributed by atoms with van der Waals surface area (Å²) in [5.41, 5.74) is 4.96. The molecule has 0 saturated carbocycles. The smallest absolute Gasteiger partial charge is 0.250 e. The molecule has 0 bridgehead atoms. The lowest BCUT2D eigenvalue weighted by molar-refractivity contribution is 0.122. The van der Waals surface area contributed by atoms with E-state index >= 15 is 0 Å². The average Bonchev–Trinajstić information content (AvgIpc) is 2.95. The number of benzene rings is 2. The molecule has 0 atom stereocenters. The molecule has 7 nitrogen and oxygen atoms in total. The number of H-pyrrole nitrogens is 1. The van der Waals surface area contributed by atoms with E-state index < -0.39 is 0 Å². The van der Waals surface area contributed by atoms with Gasteiger partial charge in [-0.25, -0.2) is 4.98 Å². The molecule has 0 unspecified atom stereocenters. The quantitative estimate of drug-likeness (QED) is 0.264. The molecular weight excluding hydrogens is 502 g/mol. The predicted molar refractivity (Wildman–Crippen MR) is 151 cm³/mol. The second kappa shape index (κ2) is 10.5. The number of rotatable bonds is 6. The van der Waals surface area contributed by atoms with Crippen molar-refractivity contribution in [3.05, 3.63) is 82.8 Å². The Labute approximate surface area is 224 Å². The van der Waals surface area contributed by atoms with Crippen molar-refractivity contribution >= 4 is 40.7 Å². The third kappa shape index (κ3) is 5.20. The number of aromatic nitrogens is 2. The summed E-state index contributed by atoms with van der Waals surface area (Å²) >= 11 is 3.53. The summed E-state index contributed by atoms with van der Waals surface area (Å²) in [5.74, 6) is 0.862. The Hall–Kier alpha value is -3.40. The highest BCUT2D eigenvalue weighted by Gasteiger charge is 2.22. The normalized spacial score (nSPS) is 14.6. The van der Waals surface area contributed by atoms with Crippen LogP contribution in [0.4, 0.5) is 17.2 Å². The standard InChI is InChI=1S/C28H27N5O2S2/c1-29-26-8-5-18(17-31-26)16-30-19-6-7-23-25(13-19)36-24-4-2-3-21(28(24)37-23)22-14-20(15-27(34)32-22)33-9-11-35-12-10-33/h2-8,13-15,17,30H,9-12,16H2,1H3,(H,29,31)(H,32,34). The van der Waals surface area contributed by atoms with E-state index in [2.05, 4.69) is 74.0 Å². The summed E-state index contributed by atoms with van der Waals surface area (Å²) in [6.07, 6.45) is 1.89. The number of fused-ring (bicyclic) bond motifs is 2. The van der Waals surface area contributed by atoms with E-state index in [0.29, 0.717) is 19.8 Å². The molecular formula is C28H27N5O2S2. The monoisotopic (exact) mass is 529 g/mol. The summed E-state index contributed by atoms with van der Waals surface area (Å²) in [7, 11) is 1.87. The van der Waals surface area contributed by atoms with Gasteiger partial charge in [-0.1, -0.05) is 41.7 Å². The van der Waals surface area contributed by atoms with Crippen LogP contribution in [0, 0.1) is 0 Å². The summed E-state index contributed by atoms with van der Waals surface area (Å²) < 4.78 is 5.49. The molecule has 9 heteroatoms. The van der Waals surface area contributed by atoms with Crippen LogP contribution in [0.5, 0.6) is 0 Å². The largest absolute Gasteiger partial charge is 0.381 e. The maximum absolute atomic E-state index is 12.6. The number of ether oxygens (including phenoxy) is 1. The minimum absolute atomic E-state index is 0.0861. The maximum atomic E-state index is 12.6. The van der Waals surface area contributed by atoms with Gasteiger partial charge in [0.05, 0.1) is 18.9 Å². The van der Waals surface area contributed by atoms with Gasteiger partial charge < -0.3 is 25.3 Å². The van der Waals surface area contributed by atoms with Crippen molar-refractivity contribution in [2.75, 3.05) is 48.9 Å². The molecule has 4 heterocycles. The van der Waals surface area contributed by atoms with E-state index in [1.807, 2.05) is 19.3 Å². The molecule has 4 aromatic rings. The van der Waals surface area contributed by atoms with Gasteiger partial charge in [0.2, 0.25) is 5.56 Å². The fourth-order valence-electron chi connectivity index (χ4n) is 4.48. The molecule has 0 spiro atoms. The van der Waals surface area contributed by atoms with Crippen LogP contribution in [0.1, 0.15) is 5.56 Å². The van der Waals surface area contributed by atoms with E-state index in [9.17, 15) is 4.79 Å². The number of nitrogens with one attached hydrogen (secondary N) is 3. The van der Waals surface area contributed by atoms with Crippen LogP contribution in [0.25, 0.3) is 11.3 Å². The number of pyridine rings is 2. The lowest BCUT2D eigenvalue weighted by atomic mass is 10.1. The third-order valence-electron chi connectivity index (χ3n) is 6.43. The Kier molecular flexibility index (Phi) is 6.82. The first-order valence-corrected chi connectivity index (χ1v) is 13.9. The van der Waals surface area contributed by atoms with E-state index in [-0.39, 0.29) is 5.56 Å². The Bertz CT molecular complexity index is 1480. The highest BCUT2D eigenvalue weighted by Crippen LogP contribution is 2.52. The molecule has 2 aliphatic rings. The number of hydrogen-bond acceptors (Lipinski definition) is 8. The van der Waals surface area contributed by atoms with Crippen molar-refractivity contribution in [1.82, 2.24) is 9.97 Å². The Morgan fingerprint density at radius 1 is 1.00 bits per heavy atom. The van der Waals surface area contributed by atoms with E-state index in [1.165, 1.54) is 19.6 Å². The summed E-state index contributed by atoms with van der Waals surface area (Å²) in [6.45, 7) is 3.66. The Morgan fingerprint density at radius 2 is 1.89 bits per heavy atom. The van der Waals surface area contributed by atoms with Gasteiger partial charge in [-0.15, -0.1) is 0 Å². The molecule has 3 N–H and O–H groups in total. The van der Waals surface area contributed by atoms with E-state index in [4.69, 9.17) is 4.74 Å². The lowest BCUT2D eigenvalue weighted by Gasteiger charge is -2.29. The topological polar surface area (TPSA) is 82.3 Å². The highest BCUT2D eigenvalue weighted by molar-refractivity contribution is 8.05. The molecule has 0 radical (unpaired) electrons. The zero-order chi connectivity index (χ0) is 25.2. The minimum Gasteiger partial charge on any atom is -0.381 e. The molecule has 2 aliphatic heterocycles. The zero-order valence-electron chi connectivity index (χ0n) is 20.4. The van der Waals surface area contributed by atoms with Crippen LogP contribution >= 0.6 is 23.5 Å². The molecule has 0 aliphatic carbocycles. The number of anilines is 3. The van der Waals surface area contributed by atoms with Crippen molar-refractivity contribution < 1.29 is 4.74 Å². The summed E-state index contributed by atoms with van der Waals surface area (Å²) in [4.78, 5) is 27.1. The number of aromatic amines is 1. The molecule has 2 aromatic carbocycles. The first-order valence-electron chi connectivity index (χ1n) is 12.2. The van der Waals surface area contributed by atoms with Crippen LogP contribution in [-0.2, 0) is 11.3 Å². The fourth-order valence-corrected chi connectivity index (χ4v) is 6.90. The lowest BCUT2D eigenvalue weighted by Crippen LogP contribution is -2.36. The van der Waals surface area contributed by atoms with Gasteiger partial charge in [0.1, 0.15) is 5.82 Å². The van der Waals surface area contributed by atoms with Gasteiger partial charge >= 0.3 is 0 Å². The van der Waals surface area contributed by atoms with Crippen LogP contribution < -0.4 is 21.1 Å². The molecule has 1 saturated heterocycles. The molecule has 0 amide bonds. The molecule has 188 valence electrons.